The van der Waals surface area contributed by atoms with Crippen molar-refractivity contribution in [3.63, 3.8) is 0 Å². The predicted octanol–water partition coefficient (Wildman–Crippen LogP) is 1.61. The van der Waals surface area contributed by atoms with Crippen molar-refractivity contribution in [3.05, 3.63) is 18.0 Å². The van der Waals surface area contributed by atoms with Gasteiger partial charge in [0.2, 0.25) is 0 Å². The maximum atomic E-state index is 5.03. The number of aryl methyl sites for hydroxylation is 2. The summed E-state index contributed by atoms with van der Waals surface area (Å²) in [5.41, 5.74) is 1.31. The van der Waals surface area contributed by atoms with Gasteiger partial charge >= 0.3 is 0 Å². The summed E-state index contributed by atoms with van der Waals surface area (Å²) in [6, 6.07) is 2.62. The van der Waals surface area contributed by atoms with E-state index < -0.39 is 0 Å². The monoisotopic (exact) mass is 239 g/mol. The van der Waals surface area contributed by atoms with E-state index in [1.807, 2.05) is 17.9 Å². The van der Waals surface area contributed by atoms with Gasteiger partial charge in [-0.1, -0.05) is 6.92 Å². The molecular weight excluding hydrogens is 214 g/mol. The molecule has 17 heavy (non-hydrogen) atoms. The van der Waals surface area contributed by atoms with Gasteiger partial charge in [0.15, 0.2) is 0 Å². The minimum atomic E-state index is 0.526. The van der Waals surface area contributed by atoms with Crippen LogP contribution < -0.4 is 5.32 Å². The van der Waals surface area contributed by atoms with Gasteiger partial charge in [0, 0.05) is 38.6 Å². The first-order valence-electron chi connectivity index (χ1n) is 6.34. The zero-order chi connectivity index (χ0) is 12.7. The molecule has 0 saturated heterocycles. The van der Waals surface area contributed by atoms with Crippen molar-refractivity contribution in [1.29, 1.82) is 0 Å². The lowest BCUT2D eigenvalue weighted by atomic mass is 9.97. The maximum Gasteiger partial charge on any atom is 0.0587 e. The predicted molar refractivity (Wildman–Crippen MR) is 70.0 cm³/mol. The first kappa shape index (κ1) is 14.2. The molecular formula is C13H25N3O. The van der Waals surface area contributed by atoms with Gasteiger partial charge in [0.25, 0.3) is 0 Å². The van der Waals surface area contributed by atoms with Crippen molar-refractivity contribution < 1.29 is 4.74 Å². The maximum absolute atomic E-state index is 5.03. The van der Waals surface area contributed by atoms with Gasteiger partial charge < -0.3 is 10.1 Å². The zero-order valence-corrected chi connectivity index (χ0v) is 11.4. The number of nitrogens with zero attached hydrogens (tertiary/aromatic N) is 2. The SMILES string of the molecule is COCCNC(C)C(C)CCc1ccnn1C. The van der Waals surface area contributed by atoms with E-state index in [4.69, 9.17) is 4.74 Å². The molecule has 0 bridgehead atoms. The third kappa shape index (κ3) is 4.88. The van der Waals surface area contributed by atoms with Crippen LogP contribution in [0.2, 0.25) is 0 Å². The molecule has 1 N–H and O–H groups in total. The van der Waals surface area contributed by atoms with E-state index in [0.717, 1.165) is 19.6 Å². The first-order chi connectivity index (χ1) is 8.15. The second-order valence-electron chi connectivity index (χ2n) is 4.70. The summed E-state index contributed by atoms with van der Waals surface area (Å²) in [7, 11) is 3.73. The summed E-state index contributed by atoms with van der Waals surface area (Å²) in [5.74, 6) is 0.654. The van der Waals surface area contributed by atoms with Crippen LogP contribution in [0.4, 0.5) is 0 Å². The minimum Gasteiger partial charge on any atom is -0.383 e. The Morgan fingerprint density at radius 3 is 2.82 bits per heavy atom. The van der Waals surface area contributed by atoms with Gasteiger partial charge in [-0.25, -0.2) is 0 Å². The van der Waals surface area contributed by atoms with Crippen LogP contribution in [0, 0.1) is 5.92 Å². The van der Waals surface area contributed by atoms with E-state index in [1.165, 1.54) is 12.1 Å². The molecule has 0 aromatic carbocycles. The summed E-state index contributed by atoms with van der Waals surface area (Å²) in [6.45, 7) is 6.23. The van der Waals surface area contributed by atoms with Crippen LogP contribution in [-0.4, -0.2) is 36.1 Å². The molecule has 0 amide bonds. The Morgan fingerprint density at radius 1 is 1.47 bits per heavy atom. The molecule has 0 aliphatic rings. The third-order valence-electron chi connectivity index (χ3n) is 3.40. The van der Waals surface area contributed by atoms with Crippen molar-refractivity contribution in [2.75, 3.05) is 20.3 Å². The van der Waals surface area contributed by atoms with Gasteiger partial charge in [-0.2, -0.15) is 5.10 Å². The highest BCUT2D eigenvalue weighted by atomic mass is 16.5. The Morgan fingerprint density at radius 2 is 2.24 bits per heavy atom. The summed E-state index contributed by atoms with van der Waals surface area (Å²) < 4.78 is 6.99. The van der Waals surface area contributed by atoms with Crippen LogP contribution >= 0.6 is 0 Å². The fourth-order valence-electron chi connectivity index (χ4n) is 1.86. The second kappa shape index (κ2) is 7.45. The molecule has 0 saturated carbocycles. The second-order valence-corrected chi connectivity index (χ2v) is 4.70. The molecule has 1 heterocycles. The summed E-state index contributed by atoms with van der Waals surface area (Å²) in [4.78, 5) is 0. The smallest absolute Gasteiger partial charge is 0.0587 e. The van der Waals surface area contributed by atoms with Crippen LogP contribution in [0.15, 0.2) is 12.3 Å². The number of ether oxygens (including phenoxy) is 1. The topological polar surface area (TPSA) is 39.1 Å². The molecule has 2 atom stereocenters. The standard InChI is InChI=1S/C13H25N3O/c1-11(12(2)14-9-10-17-4)5-6-13-7-8-15-16(13)3/h7-8,11-12,14H,5-6,9-10H2,1-4H3. The molecule has 1 aromatic heterocycles. The van der Waals surface area contributed by atoms with E-state index in [9.17, 15) is 0 Å². The number of hydrogen-bond donors (Lipinski definition) is 1. The molecule has 0 spiro atoms. The van der Waals surface area contributed by atoms with Crippen LogP contribution in [-0.2, 0) is 18.2 Å². The van der Waals surface area contributed by atoms with E-state index in [0.29, 0.717) is 12.0 Å². The van der Waals surface area contributed by atoms with Gasteiger partial charge in [-0.3, -0.25) is 4.68 Å². The van der Waals surface area contributed by atoms with Crippen LogP contribution in [0.5, 0.6) is 0 Å². The number of nitrogens with one attached hydrogen (secondary N) is 1. The number of rotatable bonds is 8. The van der Waals surface area contributed by atoms with E-state index >= 15 is 0 Å². The summed E-state index contributed by atoms with van der Waals surface area (Å²) >= 11 is 0. The lowest BCUT2D eigenvalue weighted by molar-refractivity contribution is 0.192. The normalized spacial score (nSPS) is 14.8. The van der Waals surface area contributed by atoms with E-state index in [-0.39, 0.29) is 0 Å². The highest BCUT2D eigenvalue weighted by molar-refractivity contribution is 5.00. The Bertz CT molecular complexity index is 311. The number of aromatic nitrogens is 2. The van der Waals surface area contributed by atoms with Crippen LogP contribution in [0.3, 0.4) is 0 Å². The Balaban J connectivity index is 2.24. The molecule has 4 heteroatoms. The average molecular weight is 239 g/mol. The van der Waals surface area contributed by atoms with Crippen molar-refractivity contribution in [3.8, 4) is 0 Å². The molecule has 1 rings (SSSR count). The number of hydrogen-bond acceptors (Lipinski definition) is 3. The largest absolute Gasteiger partial charge is 0.383 e. The lowest BCUT2D eigenvalue weighted by Crippen LogP contribution is -2.34. The summed E-state index contributed by atoms with van der Waals surface area (Å²) in [5, 5.41) is 7.67. The van der Waals surface area contributed by atoms with Gasteiger partial charge in [0.1, 0.15) is 0 Å². The molecule has 0 aliphatic heterocycles. The van der Waals surface area contributed by atoms with Crippen LogP contribution in [0.25, 0.3) is 0 Å². The van der Waals surface area contributed by atoms with Crippen molar-refractivity contribution in [1.82, 2.24) is 15.1 Å². The minimum absolute atomic E-state index is 0.526. The number of methoxy groups -OCH3 is 1. The molecule has 1 aromatic rings. The molecule has 4 nitrogen and oxygen atoms in total. The van der Waals surface area contributed by atoms with Crippen LogP contribution in [0.1, 0.15) is 26.0 Å². The highest BCUT2D eigenvalue weighted by Gasteiger charge is 2.12. The summed E-state index contributed by atoms with van der Waals surface area (Å²) in [6.07, 6.45) is 4.13. The van der Waals surface area contributed by atoms with Crippen molar-refractivity contribution >= 4 is 0 Å². The quantitative estimate of drug-likeness (QED) is 0.701. The molecule has 98 valence electrons. The molecule has 0 fully saturated rings. The van der Waals surface area contributed by atoms with Crippen molar-refractivity contribution in [2.45, 2.75) is 32.7 Å². The Hall–Kier alpha value is -0.870. The Kier molecular flexibility index (Phi) is 6.22. The first-order valence-corrected chi connectivity index (χ1v) is 6.34. The van der Waals surface area contributed by atoms with E-state index in [1.54, 1.807) is 7.11 Å². The third-order valence-corrected chi connectivity index (χ3v) is 3.40. The van der Waals surface area contributed by atoms with Gasteiger partial charge in [0.05, 0.1) is 6.61 Å². The molecule has 0 radical (unpaired) electrons. The molecule has 2 unspecified atom stereocenters. The zero-order valence-electron chi connectivity index (χ0n) is 11.4. The average Bonchev–Trinajstić information content (AvgIpc) is 2.72. The fraction of sp³-hybridized carbons (Fsp3) is 0.769. The van der Waals surface area contributed by atoms with E-state index in [2.05, 4.69) is 30.3 Å². The highest BCUT2D eigenvalue weighted by Crippen LogP contribution is 2.12. The Labute approximate surface area is 104 Å². The lowest BCUT2D eigenvalue weighted by Gasteiger charge is -2.21. The molecule has 0 aliphatic carbocycles. The van der Waals surface area contributed by atoms with Gasteiger partial charge in [-0.05, 0) is 31.7 Å². The van der Waals surface area contributed by atoms with Crippen molar-refractivity contribution in [2.24, 2.45) is 13.0 Å². The van der Waals surface area contributed by atoms with Gasteiger partial charge in [-0.15, -0.1) is 0 Å². The fourth-order valence-corrected chi connectivity index (χ4v) is 1.86.